The topological polar surface area (TPSA) is 90.6 Å². The maximum Gasteiger partial charge on any atom is 0.407 e. The fourth-order valence-corrected chi connectivity index (χ4v) is 1.98. The van der Waals surface area contributed by atoms with Gasteiger partial charge in [0, 0.05) is 10.9 Å². The van der Waals surface area contributed by atoms with Crippen molar-refractivity contribution in [1.29, 1.82) is 0 Å². The van der Waals surface area contributed by atoms with E-state index in [0.29, 0.717) is 12.2 Å². The van der Waals surface area contributed by atoms with E-state index in [9.17, 15) is 9.59 Å². The van der Waals surface area contributed by atoms with Gasteiger partial charge < -0.3 is 20.5 Å². The summed E-state index contributed by atoms with van der Waals surface area (Å²) in [4.78, 5) is 22.8. The maximum absolute atomic E-state index is 11.9. The summed E-state index contributed by atoms with van der Waals surface area (Å²) in [6, 6.07) is 6.95. The van der Waals surface area contributed by atoms with Crippen molar-refractivity contribution in [3.8, 4) is 5.75 Å². The predicted octanol–water partition coefficient (Wildman–Crippen LogP) is 2.99. The van der Waals surface area contributed by atoms with E-state index in [1.54, 1.807) is 20.8 Å². The van der Waals surface area contributed by atoms with Crippen molar-refractivity contribution < 1.29 is 19.1 Å². The van der Waals surface area contributed by atoms with E-state index >= 15 is 0 Å². The first-order valence-electron chi connectivity index (χ1n) is 7.32. The Morgan fingerprint density at radius 3 is 2.39 bits per heavy atom. The van der Waals surface area contributed by atoms with Crippen LogP contribution in [0.3, 0.4) is 0 Å². The molecular weight excluding hydrogens is 364 g/mol. The molecule has 1 atom stereocenters. The first kappa shape index (κ1) is 19.3. The molecule has 2 amide bonds. The number of benzene rings is 1. The highest BCUT2D eigenvalue weighted by Crippen LogP contribution is 2.16. The second-order valence-electron chi connectivity index (χ2n) is 6.11. The number of carbonyl (C=O) groups is 2. The average Bonchev–Trinajstić information content (AvgIpc) is 2.41. The summed E-state index contributed by atoms with van der Waals surface area (Å²) >= 11 is 3.35. The molecule has 6 nitrogen and oxygen atoms in total. The van der Waals surface area contributed by atoms with Crippen LogP contribution in [0.25, 0.3) is 0 Å². The largest absolute Gasteiger partial charge is 0.491 e. The van der Waals surface area contributed by atoms with Crippen LogP contribution in [0.5, 0.6) is 5.75 Å². The molecule has 0 fully saturated rings. The van der Waals surface area contributed by atoms with Crippen LogP contribution < -0.4 is 15.8 Å². The molecule has 0 aromatic heterocycles. The summed E-state index contributed by atoms with van der Waals surface area (Å²) in [6.07, 6.45) is -0.0127. The van der Waals surface area contributed by atoms with E-state index in [1.807, 2.05) is 24.3 Å². The van der Waals surface area contributed by atoms with Gasteiger partial charge in [-0.25, -0.2) is 4.79 Å². The maximum atomic E-state index is 11.9. The molecule has 0 bridgehead atoms. The molecule has 0 saturated heterocycles. The zero-order valence-electron chi connectivity index (χ0n) is 13.6. The Morgan fingerprint density at radius 2 is 1.87 bits per heavy atom. The fraction of sp³-hybridized carbons (Fsp3) is 0.500. The molecule has 0 heterocycles. The highest BCUT2D eigenvalue weighted by Gasteiger charge is 2.20. The van der Waals surface area contributed by atoms with Crippen LogP contribution in [0.1, 0.15) is 33.6 Å². The summed E-state index contributed by atoms with van der Waals surface area (Å²) in [5, 5.41) is 2.71. The van der Waals surface area contributed by atoms with Gasteiger partial charge in [-0.1, -0.05) is 15.9 Å². The Bertz CT molecular complexity index is 526. The van der Waals surface area contributed by atoms with Crippen LogP contribution in [-0.4, -0.2) is 30.3 Å². The molecule has 0 radical (unpaired) electrons. The van der Waals surface area contributed by atoms with Crippen molar-refractivity contribution in [3.63, 3.8) is 0 Å². The van der Waals surface area contributed by atoms with Gasteiger partial charge in [-0.15, -0.1) is 0 Å². The van der Waals surface area contributed by atoms with Crippen LogP contribution in [0.4, 0.5) is 4.79 Å². The summed E-state index contributed by atoms with van der Waals surface area (Å²) in [5.41, 5.74) is 4.58. The van der Waals surface area contributed by atoms with E-state index in [-0.39, 0.29) is 19.1 Å². The highest BCUT2D eigenvalue weighted by atomic mass is 79.9. The Morgan fingerprint density at radius 1 is 1.26 bits per heavy atom. The molecule has 0 aliphatic carbocycles. The molecule has 0 spiro atoms. The molecule has 0 unspecified atom stereocenters. The minimum absolute atomic E-state index is 0.157. The van der Waals surface area contributed by atoms with Crippen molar-refractivity contribution >= 4 is 27.9 Å². The van der Waals surface area contributed by atoms with Gasteiger partial charge in [-0.05, 0) is 51.5 Å². The number of nitrogens with one attached hydrogen (secondary N) is 1. The molecular formula is C16H23BrN2O4. The first-order chi connectivity index (χ1) is 10.7. The molecule has 0 aliphatic heterocycles. The molecule has 3 N–H and O–H groups in total. The number of hydrogen-bond donors (Lipinski definition) is 2. The van der Waals surface area contributed by atoms with Crippen LogP contribution in [0, 0.1) is 0 Å². The lowest BCUT2D eigenvalue weighted by Crippen LogP contribution is -2.42. The Hall–Kier alpha value is -1.76. The van der Waals surface area contributed by atoms with E-state index in [2.05, 4.69) is 21.2 Å². The number of carbonyl (C=O) groups excluding carboxylic acids is 2. The molecule has 0 aliphatic rings. The number of nitrogens with two attached hydrogens (primary N) is 1. The average molecular weight is 387 g/mol. The minimum Gasteiger partial charge on any atom is -0.491 e. The SMILES string of the molecule is CC(C)(C)OC(=O)N[C@@H](CCC(N)=O)COc1ccc(Br)cc1. The van der Waals surface area contributed by atoms with E-state index in [1.165, 1.54) is 0 Å². The van der Waals surface area contributed by atoms with E-state index < -0.39 is 17.6 Å². The second kappa shape index (κ2) is 8.76. The fourth-order valence-electron chi connectivity index (χ4n) is 1.72. The van der Waals surface area contributed by atoms with Crippen molar-refractivity contribution in [2.75, 3.05) is 6.61 Å². The van der Waals surface area contributed by atoms with Gasteiger partial charge in [-0.3, -0.25) is 4.79 Å². The molecule has 7 heteroatoms. The third kappa shape index (κ3) is 9.07. The Balaban J connectivity index is 2.58. The molecule has 0 saturated carbocycles. The smallest absolute Gasteiger partial charge is 0.407 e. The first-order valence-corrected chi connectivity index (χ1v) is 8.11. The van der Waals surface area contributed by atoms with Crippen LogP contribution in [0.15, 0.2) is 28.7 Å². The number of hydrogen-bond acceptors (Lipinski definition) is 4. The Kier molecular flexibility index (Phi) is 7.35. The number of amides is 2. The molecule has 128 valence electrons. The van der Waals surface area contributed by atoms with E-state index in [4.69, 9.17) is 15.2 Å². The third-order valence-electron chi connectivity index (χ3n) is 2.72. The van der Waals surface area contributed by atoms with Crippen LogP contribution >= 0.6 is 15.9 Å². The van der Waals surface area contributed by atoms with Gasteiger partial charge >= 0.3 is 6.09 Å². The van der Waals surface area contributed by atoms with Crippen molar-refractivity contribution in [3.05, 3.63) is 28.7 Å². The minimum atomic E-state index is -0.592. The number of rotatable bonds is 7. The third-order valence-corrected chi connectivity index (χ3v) is 3.25. The van der Waals surface area contributed by atoms with Gasteiger partial charge in [0.1, 0.15) is 18.0 Å². The van der Waals surface area contributed by atoms with Crippen molar-refractivity contribution in [2.24, 2.45) is 5.73 Å². The van der Waals surface area contributed by atoms with E-state index in [0.717, 1.165) is 4.47 Å². The second-order valence-corrected chi connectivity index (χ2v) is 7.03. The predicted molar refractivity (Wildman–Crippen MR) is 91.2 cm³/mol. The molecule has 1 aromatic carbocycles. The van der Waals surface area contributed by atoms with Crippen LogP contribution in [-0.2, 0) is 9.53 Å². The van der Waals surface area contributed by atoms with Gasteiger partial charge in [0.25, 0.3) is 0 Å². The van der Waals surface area contributed by atoms with Gasteiger partial charge in [0.15, 0.2) is 0 Å². The van der Waals surface area contributed by atoms with Crippen molar-refractivity contribution in [1.82, 2.24) is 5.32 Å². The zero-order valence-corrected chi connectivity index (χ0v) is 15.2. The number of primary amides is 1. The number of alkyl carbamates (subject to hydrolysis) is 1. The van der Waals surface area contributed by atoms with Crippen LogP contribution in [0.2, 0.25) is 0 Å². The standard InChI is InChI=1S/C16H23BrN2O4/c1-16(2,3)23-15(21)19-12(6-9-14(18)20)10-22-13-7-4-11(17)5-8-13/h4-5,7-8,12H,6,9-10H2,1-3H3,(H2,18,20)(H,19,21)/t12-/m0/s1. The van der Waals surface area contributed by atoms with Gasteiger partial charge in [0.2, 0.25) is 5.91 Å². The summed E-state index contributed by atoms with van der Waals surface area (Å²) in [5.74, 6) is 0.243. The lowest BCUT2D eigenvalue weighted by atomic mass is 10.1. The number of ether oxygens (including phenoxy) is 2. The molecule has 1 aromatic rings. The summed E-state index contributed by atoms with van der Waals surface area (Å²) in [7, 11) is 0. The summed E-state index contributed by atoms with van der Waals surface area (Å²) in [6.45, 7) is 5.56. The quantitative estimate of drug-likeness (QED) is 0.753. The monoisotopic (exact) mass is 386 g/mol. The number of halogens is 1. The lowest BCUT2D eigenvalue weighted by Gasteiger charge is -2.23. The lowest BCUT2D eigenvalue weighted by molar-refractivity contribution is -0.118. The molecule has 23 heavy (non-hydrogen) atoms. The normalized spacial score (nSPS) is 12.3. The van der Waals surface area contributed by atoms with Gasteiger partial charge in [-0.2, -0.15) is 0 Å². The highest BCUT2D eigenvalue weighted by molar-refractivity contribution is 9.10. The zero-order chi connectivity index (χ0) is 17.5. The molecule has 1 rings (SSSR count). The van der Waals surface area contributed by atoms with Crippen molar-refractivity contribution in [2.45, 2.75) is 45.3 Å². The summed E-state index contributed by atoms with van der Waals surface area (Å²) < 4.78 is 11.8. The Labute approximate surface area is 144 Å². The van der Waals surface area contributed by atoms with Gasteiger partial charge in [0.05, 0.1) is 6.04 Å².